The van der Waals surface area contributed by atoms with Gasteiger partial charge in [0.1, 0.15) is 0 Å². The minimum atomic E-state index is 0.769. The fourth-order valence-electron chi connectivity index (χ4n) is 5.20. The normalized spacial score (nSPS) is 11.7. The summed E-state index contributed by atoms with van der Waals surface area (Å²) >= 11 is 0. The van der Waals surface area contributed by atoms with Crippen LogP contribution in [0.4, 0.5) is 0 Å². The van der Waals surface area contributed by atoms with Gasteiger partial charge in [-0.15, -0.1) is 0 Å². The molecule has 0 aromatic carbocycles. The largest absolute Gasteiger partial charge is 0.330 e. The number of hydrogen-bond donors (Lipinski definition) is 8. The lowest BCUT2D eigenvalue weighted by molar-refractivity contribution is 0.237. The van der Waals surface area contributed by atoms with E-state index in [1.165, 1.54) is 25.7 Å². The molecule has 0 aromatic rings. The maximum atomic E-state index is 5.61. The van der Waals surface area contributed by atoms with Gasteiger partial charge in [0.15, 0.2) is 0 Å². The van der Waals surface area contributed by atoms with Gasteiger partial charge < -0.3 is 65.5 Å². The van der Waals surface area contributed by atoms with Crippen LogP contribution in [0.3, 0.4) is 0 Å². The van der Waals surface area contributed by atoms with Crippen molar-refractivity contribution in [3.63, 3.8) is 0 Å². The molecule has 0 aliphatic carbocycles. The molecule has 0 heterocycles. The molecular weight excluding hydrogens is 552 g/mol. The van der Waals surface area contributed by atoms with E-state index in [2.05, 4.69) is 19.6 Å². The van der Waals surface area contributed by atoms with E-state index in [1.54, 1.807) is 0 Å². The molecular formula is C32H80N12. The van der Waals surface area contributed by atoms with Crippen LogP contribution < -0.4 is 45.9 Å². The van der Waals surface area contributed by atoms with Gasteiger partial charge in [-0.2, -0.15) is 0 Å². The van der Waals surface area contributed by atoms with E-state index in [1.807, 2.05) is 0 Å². The van der Waals surface area contributed by atoms with Gasteiger partial charge in [-0.25, -0.2) is 0 Å². The summed E-state index contributed by atoms with van der Waals surface area (Å²) in [4.78, 5) is 10.0. The van der Waals surface area contributed by atoms with Crippen molar-refractivity contribution in [2.24, 2.45) is 45.9 Å². The van der Waals surface area contributed by atoms with Gasteiger partial charge in [-0.05, 0) is 208 Å². The van der Waals surface area contributed by atoms with Gasteiger partial charge in [0.25, 0.3) is 0 Å². The summed E-state index contributed by atoms with van der Waals surface area (Å²) in [5, 5.41) is 0. The van der Waals surface area contributed by atoms with Crippen molar-refractivity contribution in [3.05, 3.63) is 0 Å². The predicted molar refractivity (Wildman–Crippen MR) is 194 cm³/mol. The van der Waals surface area contributed by atoms with Crippen LogP contribution in [0.1, 0.15) is 77.0 Å². The Morgan fingerprint density at radius 1 is 0.182 bits per heavy atom. The predicted octanol–water partition coefficient (Wildman–Crippen LogP) is -0.468. The third kappa shape index (κ3) is 32.9. The molecule has 12 nitrogen and oxygen atoms in total. The van der Waals surface area contributed by atoms with Crippen molar-refractivity contribution in [2.45, 2.75) is 77.0 Å². The minimum absolute atomic E-state index is 0.769. The molecule has 0 unspecified atom stereocenters. The SMILES string of the molecule is NCCCN(CCCN)CCCCN(CCCN)CCCN.NCCCN(CCCN)CCCCN(CCCN)CCCN. The second-order valence-electron chi connectivity index (χ2n) is 11.9. The van der Waals surface area contributed by atoms with Crippen LogP contribution >= 0.6 is 0 Å². The number of hydrogen-bond acceptors (Lipinski definition) is 12. The topological polar surface area (TPSA) is 221 Å². The molecule has 0 radical (unpaired) electrons. The van der Waals surface area contributed by atoms with Crippen molar-refractivity contribution in [2.75, 3.05) is 131 Å². The molecule has 0 fully saturated rings. The smallest absolute Gasteiger partial charge is 0.000671 e. The molecule has 0 saturated heterocycles. The van der Waals surface area contributed by atoms with Crippen LogP contribution in [0.2, 0.25) is 0 Å². The number of nitrogens with two attached hydrogens (primary N) is 8. The molecule has 0 aromatic heterocycles. The highest BCUT2D eigenvalue weighted by atomic mass is 15.1. The number of rotatable bonds is 34. The molecule has 0 spiro atoms. The van der Waals surface area contributed by atoms with E-state index in [-0.39, 0.29) is 0 Å². The van der Waals surface area contributed by atoms with E-state index in [0.29, 0.717) is 0 Å². The number of unbranched alkanes of at least 4 members (excludes halogenated alkanes) is 2. The van der Waals surface area contributed by atoms with Gasteiger partial charge in [0, 0.05) is 0 Å². The van der Waals surface area contributed by atoms with Crippen molar-refractivity contribution in [1.29, 1.82) is 0 Å². The van der Waals surface area contributed by atoms with Gasteiger partial charge in [-0.1, -0.05) is 0 Å². The monoisotopic (exact) mass is 633 g/mol. The second-order valence-corrected chi connectivity index (χ2v) is 11.9. The first-order valence-electron chi connectivity index (χ1n) is 18.1. The van der Waals surface area contributed by atoms with Crippen LogP contribution in [0.15, 0.2) is 0 Å². The highest BCUT2D eigenvalue weighted by molar-refractivity contribution is 4.65. The molecule has 44 heavy (non-hydrogen) atoms. The van der Waals surface area contributed by atoms with Crippen LogP contribution in [-0.4, -0.2) is 150 Å². The summed E-state index contributed by atoms with van der Waals surface area (Å²) in [5.74, 6) is 0. The zero-order valence-electron chi connectivity index (χ0n) is 29.0. The lowest BCUT2D eigenvalue weighted by Crippen LogP contribution is -2.32. The lowest BCUT2D eigenvalue weighted by atomic mass is 10.2. The van der Waals surface area contributed by atoms with Gasteiger partial charge in [-0.3, -0.25) is 0 Å². The Balaban J connectivity index is 0. The van der Waals surface area contributed by atoms with E-state index < -0.39 is 0 Å². The third-order valence-corrected chi connectivity index (χ3v) is 7.83. The Labute approximate surface area is 273 Å². The zero-order valence-corrected chi connectivity index (χ0v) is 29.0. The summed E-state index contributed by atoms with van der Waals surface area (Å²) in [6.45, 7) is 19.6. The fourth-order valence-corrected chi connectivity index (χ4v) is 5.20. The first kappa shape index (κ1) is 45.6. The highest BCUT2D eigenvalue weighted by Crippen LogP contribution is 2.04. The maximum absolute atomic E-state index is 5.61. The summed E-state index contributed by atoms with van der Waals surface area (Å²) < 4.78 is 0. The second kappa shape index (κ2) is 38.7. The summed E-state index contributed by atoms with van der Waals surface area (Å²) in [6, 6.07) is 0. The van der Waals surface area contributed by atoms with Crippen LogP contribution in [0.25, 0.3) is 0 Å². The molecule has 268 valence electrons. The van der Waals surface area contributed by atoms with Crippen LogP contribution in [0.5, 0.6) is 0 Å². The number of nitrogens with zero attached hydrogens (tertiary/aromatic N) is 4. The van der Waals surface area contributed by atoms with Crippen molar-refractivity contribution in [3.8, 4) is 0 Å². The zero-order chi connectivity index (χ0) is 32.9. The van der Waals surface area contributed by atoms with Crippen molar-refractivity contribution in [1.82, 2.24) is 19.6 Å². The fraction of sp³-hybridized carbons (Fsp3) is 1.00. The Morgan fingerprint density at radius 2 is 0.295 bits per heavy atom. The van der Waals surface area contributed by atoms with Crippen LogP contribution in [-0.2, 0) is 0 Å². The van der Waals surface area contributed by atoms with Crippen molar-refractivity contribution < 1.29 is 0 Å². The minimum Gasteiger partial charge on any atom is -0.330 e. The Bertz CT molecular complexity index is 398. The molecule has 0 bridgehead atoms. The first-order chi connectivity index (χ1) is 21.6. The van der Waals surface area contributed by atoms with Crippen LogP contribution in [0, 0.1) is 0 Å². The van der Waals surface area contributed by atoms with E-state index >= 15 is 0 Å². The molecule has 0 rings (SSSR count). The summed E-state index contributed by atoms with van der Waals surface area (Å²) in [7, 11) is 0. The Morgan fingerprint density at radius 3 is 0.409 bits per heavy atom. The van der Waals surface area contributed by atoms with Gasteiger partial charge in [0.05, 0.1) is 0 Å². The van der Waals surface area contributed by atoms with E-state index in [4.69, 9.17) is 45.9 Å². The third-order valence-electron chi connectivity index (χ3n) is 7.83. The lowest BCUT2D eigenvalue weighted by Gasteiger charge is -2.24. The van der Waals surface area contributed by atoms with E-state index in [9.17, 15) is 0 Å². The first-order valence-corrected chi connectivity index (χ1v) is 18.1. The van der Waals surface area contributed by atoms with Crippen molar-refractivity contribution >= 4 is 0 Å². The molecule has 16 N–H and O–H groups in total. The van der Waals surface area contributed by atoms with Gasteiger partial charge >= 0.3 is 0 Å². The average Bonchev–Trinajstić information content (AvgIpc) is 3.04. The van der Waals surface area contributed by atoms with E-state index in [0.717, 1.165) is 182 Å². The molecule has 0 amide bonds. The molecule has 0 atom stereocenters. The van der Waals surface area contributed by atoms with Gasteiger partial charge in [0.2, 0.25) is 0 Å². The molecule has 0 saturated carbocycles. The summed E-state index contributed by atoms with van der Waals surface area (Å²) in [6.07, 6.45) is 13.5. The standard InChI is InChI=1S/2C16H40N6/c2*17-7-3-13-21(14-4-8-18)11-1-2-12-22(15-5-9-19)16-6-10-20/h2*1-20H2. The average molecular weight is 633 g/mol. The molecule has 0 aliphatic rings. The molecule has 0 aliphatic heterocycles. The maximum Gasteiger partial charge on any atom is -0.000671 e. The molecule has 12 heteroatoms. The Kier molecular flexibility index (Phi) is 40.1. The quantitative estimate of drug-likeness (QED) is 0.0422. The summed E-state index contributed by atoms with van der Waals surface area (Å²) in [5.41, 5.74) is 44.9. The highest BCUT2D eigenvalue weighted by Gasteiger charge is 2.08. The Hall–Kier alpha value is -0.480.